The van der Waals surface area contributed by atoms with Crippen molar-refractivity contribution in [1.82, 2.24) is 5.32 Å². The number of ether oxygens (including phenoxy) is 4. The van der Waals surface area contributed by atoms with Gasteiger partial charge in [0.25, 0.3) is 15.9 Å². The molecule has 0 bridgehead atoms. The number of carbonyl (C=O) groups is 1. The zero-order chi connectivity index (χ0) is 26.2. The lowest BCUT2D eigenvalue weighted by Gasteiger charge is -2.35. The first kappa shape index (κ1) is 24.8. The van der Waals surface area contributed by atoms with Crippen LogP contribution in [0.3, 0.4) is 0 Å². The van der Waals surface area contributed by atoms with Crippen molar-refractivity contribution in [2.75, 3.05) is 31.2 Å². The highest BCUT2D eigenvalue weighted by atomic mass is 32.2. The number of hydrogen-bond donors (Lipinski definition) is 1. The summed E-state index contributed by atoms with van der Waals surface area (Å²) in [5.41, 5.74) is 2.08. The molecule has 0 aromatic heterocycles. The molecule has 0 saturated heterocycles. The molecule has 0 radical (unpaired) electrons. The molecule has 9 nitrogen and oxygen atoms in total. The Bertz CT molecular complexity index is 1420. The van der Waals surface area contributed by atoms with Gasteiger partial charge in [-0.2, -0.15) is 0 Å². The average molecular weight is 525 g/mol. The highest BCUT2D eigenvalue weighted by Crippen LogP contribution is 2.38. The fraction of sp³-hybridized carbons (Fsp3) is 0.296. The molecule has 0 aliphatic carbocycles. The highest BCUT2D eigenvalue weighted by Gasteiger charge is 2.38. The standard InChI is InChI=1S/C27H28N2O7S/c1-17-4-10-23-22(14-17)29(37(31,32)21-8-6-20(33-3)7-9-21)16-26(36-23)27(30)28-18(2)19-5-11-24-25(15-19)35-13-12-34-24/h4-11,14-15,18,26H,12-13,16H2,1-3H3,(H,28,30)/t18-,26-/m0/s1. The van der Waals surface area contributed by atoms with Gasteiger partial charge in [0.05, 0.1) is 30.3 Å². The summed E-state index contributed by atoms with van der Waals surface area (Å²) in [6.45, 7) is 4.49. The van der Waals surface area contributed by atoms with Crippen molar-refractivity contribution in [3.8, 4) is 23.0 Å². The van der Waals surface area contributed by atoms with Crippen LogP contribution in [0.25, 0.3) is 0 Å². The zero-order valence-electron chi connectivity index (χ0n) is 20.8. The van der Waals surface area contributed by atoms with Crippen LogP contribution >= 0.6 is 0 Å². The van der Waals surface area contributed by atoms with E-state index in [1.807, 2.05) is 38.1 Å². The molecular formula is C27H28N2O7S. The average Bonchev–Trinajstić information content (AvgIpc) is 2.92. The quantitative estimate of drug-likeness (QED) is 0.526. The molecule has 2 aliphatic rings. The number of nitrogens with zero attached hydrogens (tertiary/aromatic N) is 1. The predicted octanol–water partition coefficient (Wildman–Crippen LogP) is 3.61. The lowest BCUT2D eigenvalue weighted by atomic mass is 10.1. The molecule has 10 heteroatoms. The molecule has 1 N–H and O–H groups in total. The van der Waals surface area contributed by atoms with Crippen LogP contribution in [-0.2, 0) is 14.8 Å². The summed E-state index contributed by atoms with van der Waals surface area (Å²) in [4.78, 5) is 13.4. The van der Waals surface area contributed by atoms with Crippen molar-refractivity contribution in [2.24, 2.45) is 0 Å². The normalized spacial score (nSPS) is 17.3. The number of anilines is 1. The van der Waals surface area contributed by atoms with E-state index in [0.717, 1.165) is 11.1 Å². The molecule has 0 spiro atoms. The fourth-order valence-electron chi connectivity index (χ4n) is 4.32. The second-order valence-corrected chi connectivity index (χ2v) is 10.8. The molecule has 1 amide bonds. The third kappa shape index (κ3) is 4.89. The van der Waals surface area contributed by atoms with Crippen LogP contribution in [0.5, 0.6) is 23.0 Å². The van der Waals surface area contributed by atoms with Crippen LogP contribution in [0.2, 0.25) is 0 Å². The first-order valence-electron chi connectivity index (χ1n) is 11.9. The maximum atomic E-state index is 13.7. The maximum Gasteiger partial charge on any atom is 0.264 e. The number of fused-ring (bicyclic) bond motifs is 2. The van der Waals surface area contributed by atoms with Crippen LogP contribution in [0.4, 0.5) is 5.69 Å². The van der Waals surface area contributed by atoms with Gasteiger partial charge in [0.15, 0.2) is 17.6 Å². The summed E-state index contributed by atoms with van der Waals surface area (Å²) in [6, 6.07) is 16.5. The van der Waals surface area contributed by atoms with Crippen molar-refractivity contribution in [2.45, 2.75) is 30.9 Å². The van der Waals surface area contributed by atoms with E-state index in [9.17, 15) is 13.2 Å². The van der Waals surface area contributed by atoms with E-state index in [1.54, 1.807) is 24.3 Å². The van der Waals surface area contributed by atoms with Gasteiger partial charge in [-0.25, -0.2) is 8.42 Å². The van der Waals surface area contributed by atoms with Gasteiger partial charge >= 0.3 is 0 Å². The van der Waals surface area contributed by atoms with Gasteiger partial charge in [-0.05, 0) is 73.5 Å². The van der Waals surface area contributed by atoms with Crippen molar-refractivity contribution < 1.29 is 32.2 Å². The summed E-state index contributed by atoms with van der Waals surface area (Å²) >= 11 is 0. The first-order chi connectivity index (χ1) is 17.8. The molecule has 0 unspecified atom stereocenters. The Kier molecular flexibility index (Phi) is 6.59. The number of aryl methyl sites for hydroxylation is 1. The van der Waals surface area contributed by atoms with E-state index in [4.69, 9.17) is 18.9 Å². The number of amides is 1. The summed E-state index contributed by atoms with van der Waals surface area (Å²) in [7, 11) is -2.47. The van der Waals surface area contributed by atoms with E-state index < -0.39 is 22.0 Å². The van der Waals surface area contributed by atoms with E-state index in [-0.39, 0.29) is 17.5 Å². The Morgan fingerprint density at radius 2 is 1.70 bits per heavy atom. The first-order valence-corrected chi connectivity index (χ1v) is 13.3. The van der Waals surface area contributed by atoms with Gasteiger partial charge in [0.1, 0.15) is 24.7 Å². The van der Waals surface area contributed by atoms with E-state index in [1.165, 1.54) is 23.5 Å². The summed E-state index contributed by atoms with van der Waals surface area (Å²) in [5.74, 6) is 1.72. The molecule has 37 heavy (non-hydrogen) atoms. The number of methoxy groups -OCH3 is 1. The van der Waals surface area contributed by atoms with Crippen molar-refractivity contribution in [3.63, 3.8) is 0 Å². The monoisotopic (exact) mass is 524 g/mol. The largest absolute Gasteiger partial charge is 0.497 e. The number of benzene rings is 3. The lowest BCUT2D eigenvalue weighted by molar-refractivity contribution is -0.128. The molecule has 3 aromatic rings. The fourth-order valence-corrected chi connectivity index (χ4v) is 5.79. The van der Waals surface area contributed by atoms with Crippen LogP contribution < -0.4 is 28.6 Å². The predicted molar refractivity (Wildman–Crippen MR) is 137 cm³/mol. The smallest absolute Gasteiger partial charge is 0.264 e. The molecule has 2 aliphatic heterocycles. The number of carbonyl (C=O) groups excluding carboxylic acids is 1. The van der Waals surface area contributed by atoms with Gasteiger partial charge in [0.2, 0.25) is 0 Å². The van der Waals surface area contributed by atoms with Crippen LogP contribution in [-0.4, -0.2) is 47.3 Å². The molecule has 2 heterocycles. The summed E-state index contributed by atoms with van der Waals surface area (Å²) in [6.07, 6.45) is -1.05. The number of nitrogens with one attached hydrogen (secondary N) is 1. The van der Waals surface area contributed by atoms with E-state index in [0.29, 0.717) is 41.9 Å². The number of rotatable bonds is 6. The summed E-state index contributed by atoms with van der Waals surface area (Å²) in [5, 5.41) is 2.94. The topological polar surface area (TPSA) is 103 Å². The molecule has 0 fully saturated rings. The van der Waals surface area contributed by atoms with Gasteiger partial charge in [-0.15, -0.1) is 0 Å². The molecule has 5 rings (SSSR count). The van der Waals surface area contributed by atoms with Gasteiger partial charge in [0, 0.05) is 0 Å². The Morgan fingerprint density at radius 1 is 1.00 bits per heavy atom. The Morgan fingerprint density at radius 3 is 2.43 bits per heavy atom. The van der Waals surface area contributed by atoms with Crippen LogP contribution in [0, 0.1) is 6.92 Å². The van der Waals surface area contributed by atoms with Gasteiger partial charge in [-0.1, -0.05) is 12.1 Å². The SMILES string of the molecule is COc1ccc(S(=O)(=O)N2C[C@@H](C(=O)N[C@@H](C)c3ccc4c(c3)OCCO4)Oc3ccc(C)cc32)cc1. The third-order valence-electron chi connectivity index (χ3n) is 6.35. The van der Waals surface area contributed by atoms with Gasteiger partial charge < -0.3 is 24.3 Å². The van der Waals surface area contributed by atoms with Crippen LogP contribution in [0.1, 0.15) is 24.1 Å². The second-order valence-electron chi connectivity index (χ2n) is 8.92. The minimum Gasteiger partial charge on any atom is -0.497 e. The molecule has 3 aromatic carbocycles. The van der Waals surface area contributed by atoms with E-state index in [2.05, 4.69) is 5.32 Å². The molecule has 194 valence electrons. The lowest BCUT2D eigenvalue weighted by Crippen LogP contribution is -2.51. The minimum atomic E-state index is -3.99. The highest BCUT2D eigenvalue weighted by molar-refractivity contribution is 7.92. The second kappa shape index (κ2) is 9.85. The molecular weight excluding hydrogens is 496 g/mol. The van der Waals surface area contributed by atoms with E-state index >= 15 is 0 Å². The Hall–Kier alpha value is -3.92. The minimum absolute atomic E-state index is 0.0893. The Labute approximate surface area is 216 Å². The van der Waals surface area contributed by atoms with Gasteiger partial charge in [-0.3, -0.25) is 9.10 Å². The van der Waals surface area contributed by atoms with Crippen molar-refractivity contribution in [1.29, 1.82) is 0 Å². The van der Waals surface area contributed by atoms with Crippen molar-refractivity contribution >= 4 is 21.6 Å². The maximum absolute atomic E-state index is 13.7. The number of hydrogen-bond acceptors (Lipinski definition) is 7. The number of sulfonamides is 1. The Balaban J connectivity index is 1.40. The van der Waals surface area contributed by atoms with Crippen LogP contribution in [0.15, 0.2) is 65.6 Å². The third-order valence-corrected chi connectivity index (χ3v) is 8.14. The van der Waals surface area contributed by atoms with Crippen molar-refractivity contribution in [3.05, 3.63) is 71.8 Å². The summed E-state index contributed by atoms with van der Waals surface area (Å²) < 4.78 is 51.0. The molecule has 2 atom stereocenters. The zero-order valence-corrected chi connectivity index (χ0v) is 21.6. The molecule has 0 saturated carbocycles.